The van der Waals surface area contributed by atoms with Crippen LogP contribution < -0.4 is 10.2 Å². The Bertz CT molecular complexity index is 1010. The average Bonchev–Trinajstić information content (AvgIpc) is 3.11. The van der Waals surface area contributed by atoms with E-state index in [0.29, 0.717) is 17.4 Å². The molecule has 0 aliphatic heterocycles. The van der Waals surface area contributed by atoms with Gasteiger partial charge in [-0.15, -0.1) is 0 Å². The standard InChI is InChI=1S/C22H29N7O/c1-28(2)20-16-13-18(29(3)21(16)26-14-25-20)22(30)27-17(19-23-10-7-11-24-19)12-15-8-5-4-6-9-15/h7,10-11,13-15,17H,4-6,8-9,12H2,1-3H3,(H,27,30). The van der Waals surface area contributed by atoms with Gasteiger partial charge in [0.05, 0.1) is 11.4 Å². The lowest BCUT2D eigenvalue weighted by atomic mass is 9.84. The van der Waals surface area contributed by atoms with Crippen molar-refractivity contribution in [2.75, 3.05) is 19.0 Å². The molecule has 1 aliphatic carbocycles. The van der Waals surface area contributed by atoms with E-state index < -0.39 is 0 Å². The maximum absolute atomic E-state index is 13.3. The number of hydrogen-bond donors (Lipinski definition) is 1. The zero-order valence-corrected chi connectivity index (χ0v) is 17.9. The maximum Gasteiger partial charge on any atom is 0.268 e. The third-order valence-corrected chi connectivity index (χ3v) is 5.95. The summed E-state index contributed by atoms with van der Waals surface area (Å²) in [5, 5.41) is 4.06. The van der Waals surface area contributed by atoms with Crippen LogP contribution >= 0.6 is 0 Å². The highest BCUT2D eigenvalue weighted by molar-refractivity contribution is 6.00. The highest BCUT2D eigenvalue weighted by atomic mass is 16.2. The number of fused-ring (bicyclic) bond motifs is 1. The Balaban J connectivity index is 1.62. The smallest absolute Gasteiger partial charge is 0.268 e. The van der Waals surface area contributed by atoms with E-state index in [1.54, 1.807) is 18.5 Å². The summed E-state index contributed by atoms with van der Waals surface area (Å²) in [7, 11) is 5.72. The van der Waals surface area contributed by atoms with Crippen LogP contribution in [0.15, 0.2) is 30.9 Å². The molecule has 1 atom stereocenters. The Morgan fingerprint density at radius 1 is 1.17 bits per heavy atom. The largest absolute Gasteiger partial charge is 0.362 e. The van der Waals surface area contributed by atoms with Crippen molar-refractivity contribution >= 4 is 22.8 Å². The van der Waals surface area contributed by atoms with Crippen molar-refractivity contribution < 1.29 is 4.79 Å². The van der Waals surface area contributed by atoms with Crippen LogP contribution in [0.4, 0.5) is 5.82 Å². The van der Waals surface area contributed by atoms with Gasteiger partial charge in [0.1, 0.15) is 29.3 Å². The molecule has 1 fully saturated rings. The van der Waals surface area contributed by atoms with Gasteiger partial charge in [0.25, 0.3) is 5.91 Å². The molecular formula is C22H29N7O. The van der Waals surface area contributed by atoms with Crippen LogP contribution in [0.2, 0.25) is 0 Å². The quantitative estimate of drug-likeness (QED) is 0.675. The molecule has 0 aromatic carbocycles. The van der Waals surface area contributed by atoms with Crippen LogP contribution in [-0.4, -0.2) is 44.5 Å². The number of rotatable bonds is 6. The van der Waals surface area contributed by atoms with Crippen LogP contribution in [-0.2, 0) is 7.05 Å². The average molecular weight is 408 g/mol. The maximum atomic E-state index is 13.3. The first kappa shape index (κ1) is 20.3. The van der Waals surface area contributed by atoms with Crippen LogP contribution in [0, 0.1) is 5.92 Å². The first-order chi connectivity index (χ1) is 14.5. The van der Waals surface area contributed by atoms with Crippen molar-refractivity contribution in [2.24, 2.45) is 13.0 Å². The zero-order chi connectivity index (χ0) is 21.1. The molecule has 0 saturated heterocycles. The second-order valence-corrected chi connectivity index (χ2v) is 8.29. The summed E-state index contributed by atoms with van der Waals surface area (Å²) in [6.07, 6.45) is 12.1. The molecule has 1 N–H and O–H groups in total. The van der Waals surface area contributed by atoms with Crippen molar-refractivity contribution in [1.29, 1.82) is 0 Å². The molecule has 1 saturated carbocycles. The SMILES string of the molecule is CN(C)c1ncnc2c1cc(C(=O)NC(CC1CCCCC1)c1ncccn1)n2C. The van der Waals surface area contributed by atoms with Crippen molar-refractivity contribution in [2.45, 2.75) is 44.6 Å². The van der Waals surface area contributed by atoms with Gasteiger partial charge in [-0.3, -0.25) is 4.79 Å². The molecule has 3 aromatic heterocycles. The fraction of sp³-hybridized carbons (Fsp3) is 0.500. The van der Waals surface area contributed by atoms with Gasteiger partial charge in [-0.1, -0.05) is 32.1 Å². The van der Waals surface area contributed by atoms with Crippen LogP contribution in [0.5, 0.6) is 0 Å². The summed E-state index contributed by atoms with van der Waals surface area (Å²) in [6, 6.07) is 3.46. The number of anilines is 1. The molecule has 3 heterocycles. The lowest BCUT2D eigenvalue weighted by Gasteiger charge is -2.26. The first-order valence-electron chi connectivity index (χ1n) is 10.6. The number of hydrogen-bond acceptors (Lipinski definition) is 6. The molecule has 1 amide bonds. The zero-order valence-electron chi connectivity index (χ0n) is 17.9. The highest BCUT2D eigenvalue weighted by Crippen LogP contribution is 2.31. The predicted octanol–water partition coefficient (Wildman–Crippen LogP) is 3.27. The number of aromatic nitrogens is 5. The number of carbonyl (C=O) groups excluding carboxylic acids is 1. The van der Waals surface area contributed by atoms with Gasteiger partial charge in [0.15, 0.2) is 0 Å². The second kappa shape index (κ2) is 8.77. The molecule has 3 aromatic rings. The van der Waals surface area contributed by atoms with Gasteiger partial charge in [-0.25, -0.2) is 19.9 Å². The third kappa shape index (κ3) is 4.13. The van der Waals surface area contributed by atoms with Crippen LogP contribution in [0.25, 0.3) is 11.0 Å². The van der Waals surface area contributed by atoms with Crippen molar-refractivity contribution in [3.63, 3.8) is 0 Å². The number of carbonyl (C=O) groups is 1. The third-order valence-electron chi connectivity index (χ3n) is 5.95. The van der Waals surface area contributed by atoms with Crippen molar-refractivity contribution in [3.05, 3.63) is 42.4 Å². The monoisotopic (exact) mass is 407 g/mol. The van der Waals surface area contributed by atoms with Gasteiger partial charge in [-0.05, 0) is 24.5 Å². The Morgan fingerprint density at radius 2 is 1.90 bits per heavy atom. The van der Waals surface area contributed by atoms with Gasteiger partial charge in [-0.2, -0.15) is 0 Å². The summed E-state index contributed by atoms with van der Waals surface area (Å²) in [4.78, 5) is 32.8. The molecule has 1 aliphatic rings. The number of nitrogens with zero attached hydrogens (tertiary/aromatic N) is 6. The van der Waals surface area contributed by atoms with E-state index in [4.69, 9.17) is 0 Å². The minimum absolute atomic E-state index is 0.145. The summed E-state index contributed by atoms with van der Waals surface area (Å²) in [5.74, 6) is 1.91. The van der Waals surface area contributed by atoms with E-state index in [1.165, 1.54) is 38.4 Å². The van der Waals surface area contributed by atoms with E-state index in [9.17, 15) is 4.79 Å². The summed E-state index contributed by atoms with van der Waals surface area (Å²) in [5.41, 5.74) is 1.29. The van der Waals surface area contributed by atoms with Gasteiger partial charge < -0.3 is 14.8 Å². The van der Waals surface area contributed by atoms with Crippen LogP contribution in [0.1, 0.15) is 60.9 Å². The molecule has 4 rings (SSSR count). The van der Waals surface area contributed by atoms with E-state index in [2.05, 4.69) is 25.3 Å². The molecule has 0 radical (unpaired) electrons. The predicted molar refractivity (Wildman–Crippen MR) is 116 cm³/mol. The highest BCUT2D eigenvalue weighted by Gasteiger charge is 2.26. The van der Waals surface area contributed by atoms with E-state index >= 15 is 0 Å². The molecule has 30 heavy (non-hydrogen) atoms. The Labute approximate surface area is 176 Å². The molecule has 0 bridgehead atoms. The minimum Gasteiger partial charge on any atom is -0.362 e. The lowest BCUT2D eigenvalue weighted by molar-refractivity contribution is 0.0918. The topological polar surface area (TPSA) is 88.8 Å². The van der Waals surface area contributed by atoms with E-state index in [0.717, 1.165) is 23.3 Å². The Kier molecular flexibility index (Phi) is 5.92. The molecule has 0 spiro atoms. The molecule has 8 heteroatoms. The first-order valence-corrected chi connectivity index (χ1v) is 10.6. The van der Waals surface area contributed by atoms with Crippen LogP contribution in [0.3, 0.4) is 0 Å². The fourth-order valence-corrected chi connectivity index (χ4v) is 4.40. The summed E-state index contributed by atoms with van der Waals surface area (Å²) in [6.45, 7) is 0. The number of amides is 1. The molecule has 1 unspecified atom stereocenters. The summed E-state index contributed by atoms with van der Waals surface area (Å²) < 4.78 is 1.82. The van der Waals surface area contributed by atoms with Gasteiger partial charge >= 0.3 is 0 Å². The van der Waals surface area contributed by atoms with Gasteiger partial charge in [0, 0.05) is 33.5 Å². The molecule has 8 nitrogen and oxygen atoms in total. The Morgan fingerprint density at radius 3 is 2.60 bits per heavy atom. The fourth-order valence-electron chi connectivity index (χ4n) is 4.40. The van der Waals surface area contributed by atoms with E-state index in [-0.39, 0.29) is 11.9 Å². The number of aryl methyl sites for hydroxylation is 1. The number of nitrogens with one attached hydrogen (secondary N) is 1. The van der Waals surface area contributed by atoms with Gasteiger partial charge in [0.2, 0.25) is 0 Å². The second-order valence-electron chi connectivity index (χ2n) is 8.29. The van der Waals surface area contributed by atoms with E-state index in [1.807, 2.05) is 36.7 Å². The minimum atomic E-state index is -0.209. The molecule has 158 valence electrons. The lowest BCUT2D eigenvalue weighted by Crippen LogP contribution is -2.32. The van der Waals surface area contributed by atoms with Crippen molar-refractivity contribution in [1.82, 2.24) is 29.8 Å². The summed E-state index contributed by atoms with van der Waals surface area (Å²) >= 11 is 0. The van der Waals surface area contributed by atoms with Crippen molar-refractivity contribution in [3.8, 4) is 0 Å². The molecular weight excluding hydrogens is 378 g/mol. The normalized spacial score (nSPS) is 15.8. The Hall–Kier alpha value is -3.03.